The Labute approximate surface area is 156 Å². The van der Waals surface area contributed by atoms with Crippen LogP contribution in [-0.4, -0.2) is 30.7 Å². The van der Waals surface area contributed by atoms with Crippen LogP contribution in [0.1, 0.15) is 0 Å². The number of hydrogen-bond donors (Lipinski definition) is 0. The van der Waals surface area contributed by atoms with Gasteiger partial charge in [0.1, 0.15) is 0 Å². The number of hydrogen-bond acceptors (Lipinski definition) is 5. The van der Waals surface area contributed by atoms with Crippen LogP contribution < -0.4 is 0 Å². The minimum atomic E-state index is -3.89. The summed E-state index contributed by atoms with van der Waals surface area (Å²) in [7, 11) is -3.89. The van der Waals surface area contributed by atoms with Crippen molar-refractivity contribution in [3.8, 4) is 23.5 Å². The molecule has 2 aromatic carbocycles. The zero-order valence-corrected chi connectivity index (χ0v) is 15.2. The molecule has 6 nitrogen and oxygen atoms in total. The van der Waals surface area contributed by atoms with Crippen LogP contribution in [0, 0.1) is 33.6 Å². The molecule has 0 aromatic heterocycles. The van der Waals surface area contributed by atoms with E-state index in [2.05, 4.69) is 17.1 Å². The van der Waals surface area contributed by atoms with Gasteiger partial charge < -0.3 is 0 Å². The van der Waals surface area contributed by atoms with Gasteiger partial charge in [-0.15, -0.1) is 6.42 Å². The van der Waals surface area contributed by atoms with E-state index in [1.54, 1.807) is 0 Å². The first-order chi connectivity index (χ1) is 12.4. The van der Waals surface area contributed by atoms with Crippen LogP contribution >= 0.6 is 11.8 Å². The Bertz CT molecular complexity index is 970. The van der Waals surface area contributed by atoms with E-state index in [-0.39, 0.29) is 23.7 Å². The summed E-state index contributed by atoms with van der Waals surface area (Å²) in [4.78, 5) is 11.0. The molecule has 0 unspecified atom stereocenters. The Morgan fingerprint density at radius 3 is 2.31 bits per heavy atom. The Kier molecular flexibility index (Phi) is 6.81. The highest BCUT2D eigenvalue weighted by Crippen LogP contribution is 2.19. The second-order valence-corrected chi connectivity index (χ2v) is 7.74. The third-order valence-corrected chi connectivity index (χ3v) is 5.75. The van der Waals surface area contributed by atoms with Crippen LogP contribution in [0.4, 0.5) is 5.69 Å². The van der Waals surface area contributed by atoms with E-state index in [0.29, 0.717) is 0 Å². The first-order valence-corrected chi connectivity index (χ1v) is 9.58. The largest absolute Gasteiger partial charge is 0.269 e. The highest BCUT2D eigenvalue weighted by molar-refractivity contribution is 8.04. The molecule has 0 aliphatic carbocycles. The van der Waals surface area contributed by atoms with Gasteiger partial charge in [-0.05, 0) is 41.3 Å². The Balaban J connectivity index is 2.14. The normalized spacial score (nSPS) is 10.6. The van der Waals surface area contributed by atoms with Gasteiger partial charge in [0.2, 0.25) is 10.0 Å². The standard InChI is InChI=1S/C18H14N2O4S2/c1-2-13-19(14-6-15-25-17-7-4-3-5-8-17)26(23,24)18-11-9-16(10-12-18)20(21)22/h1,3-5,7-12H,13-14H2. The van der Waals surface area contributed by atoms with Crippen molar-refractivity contribution in [1.82, 2.24) is 4.31 Å². The van der Waals surface area contributed by atoms with Gasteiger partial charge in [-0.3, -0.25) is 10.1 Å². The molecule has 0 aliphatic rings. The lowest BCUT2D eigenvalue weighted by molar-refractivity contribution is -0.384. The number of rotatable bonds is 6. The van der Waals surface area contributed by atoms with Crippen molar-refractivity contribution in [3.63, 3.8) is 0 Å². The number of sulfonamides is 1. The van der Waals surface area contributed by atoms with Gasteiger partial charge >= 0.3 is 0 Å². The number of benzene rings is 2. The van der Waals surface area contributed by atoms with Crippen molar-refractivity contribution in [2.75, 3.05) is 13.1 Å². The summed E-state index contributed by atoms with van der Waals surface area (Å²) in [5.41, 5.74) is -0.188. The fourth-order valence-electron chi connectivity index (χ4n) is 1.92. The Hall–Kier alpha value is -2.78. The molecule has 0 bridgehead atoms. The van der Waals surface area contributed by atoms with E-state index < -0.39 is 14.9 Å². The Morgan fingerprint density at radius 2 is 1.73 bits per heavy atom. The molecule has 0 fully saturated rings. The van der Waals surface area contributed by atoms with Gasteiger partial charge in [-0.2, -0.15) is 4.31 Å². The lowest BCUT2D eigenvalue weighted by Crippen LogP contribution is -2.31. The summed E-state index contributed by atoms with van der Waals surface area (Å²) in [5, 5.41) is 13.5. The van der Waals surface area contributed by atoms with E-state index >= 15 is 0 Å². The predicted molar refractivity (Wildman–Crippen MR) is 101 cm³/mol. The van der Waals surface area contributed by atoms with Crippen LogP contribution in [0.5, 0.6) is 0 Å². The molecule has 0 aliphatic heterocycles. The van der Waals surface area contributed by atoms with Gasteiger partial charge in [0.05, 0.1) is 22.9 Å². The molecular formula is C18H14N2O4S2. The molecule has 132 valence electrons. The number of nitro groups is 1. The number of non-ortho nitro benzene ring substituents is 1. The van der Waals surface area contributed by atoms with Gasteiger partial charge in [0, 0.05) is 17.0 Å². The summed E-state index contributed by atoms with van der Waals surface area (Å²) in [5.74, 6) is 5.08. The smallest absolute Gasteiger partial charge is 0.258 e. The van der Waals surface area contributed by atoms with Crippen molar-refractivity contribution >= 4 is 27.5 Å². The second kappa shape index (κ2) is 9.07. The van der Waals surface area contributed by atoms with Crippen LogP contribution in [0.2, 0.25) is 0 Å². The van der Waals surface area contributed by atoms with E-state index in [1.165, 1.54) is 23.9 Å². The number of nitro benzene ring substituents is 1. The topological polar surface area (TPSA) is 80.5 Å². The molecule has 0 spiro atoms. The molecule has 2 rings (SSSR count). The highest BCUT2D eigenvalue weighted by Gasteiger charge is 2.23. The van der Waals surface area contributed by atoms with Gasteiger partial charge in [-0.1, -0.05) is 30.0 Å². The van der Waals surface area contributed by atoms with E-state index in [0.717, 1.165) is 21.3 Å². The van der Waals surface area contributed by atoms with E-state index in [4.69, 9.17) is 6.42 Å². The number of nitrogens with zero attached hydrogens (tertiary/aromatic N) is 2. The molecule has 0 radical (unpaired) electrons. The average Bonchev–Trinajstić information content (AvgIpc) is 2.65. The molecule has 8 heteroatoms. The average molecular weight is 386 g/mol. The second-order valence-electron chi connectivity index (χ2n) is 4.92. The van der Waals surface area contributed by atoms with E-state index in [9.17, 15) is 18.5 Å². The zero-order valence-electron chi connectivity index (χ0n) is 13.5. The summed E-state index contributed by atoms with van der Waals surface area (Å²) in [6.07, 6.45) is 5.26. The minimum Gasteiger partial charge on any atom is -0.258 e. The zero-order chi connectivity index (χ0) is 19.0. The first kappa shape index (κ1) is 19.5. The molecular weight excluding hydrogens is 372 g/mol. The Morgan fingerprint density at radius 1 is 1.08 bits per heavy atom. The fraction of sp³-hybridized carbons (Fsp3) is 0.111. The first-order valence-electron chi connectivity index (χ1n) is 7.33. The minimum absolute atomic E-state index is 0.0733. The summed E-state index contributed by atoms with van der Waals surface area (Å²) >= 11 is 1.28. The van der Waals surface area contributed by atoms with Crippen molar-refractivity contribution in [2.24, 2.45) is 0 Å². The van der Waals surface area contributed by atoms with Gasteiger partial charge in [0.15, 0.2) is 0 Å². The lowest BCUT2D eigenvalue weighted by atomic mass is 10.3. The monoisotopic (exact) mass is 386 g/mol. The van der Waals surface area contributed by atoms with Crippen LogP contribution in [0.25, 0.3) is 0 Å². The lowest BCUT2D eigenvalue weighted by Gasteiger charge is -2.17. The van der Waals surface area contributed by atoms with Gasteiger partial charge in [0.25, 0.3) is 5.69 Å². The predicted octanol–water partition coefficient (Wildman–Crippen LogP) is 2.97. The van der Waals surface area contributed by atoms with Crippen LogP contribution in [0.15, 0.2) is 64.4 Å². The van der Waals surface area contributed by atoms with Crippen molar-refractivity contribution in [3.05, 3.63) is 64.7 Å². The fourth-order valence-corrected chi connectivity index (χ4v) is 3.73. The molecule has 26 heavy (non-hydrogen) atoms. The number of terminal acetylenes is 1. The van der Waals surface area contributed by atoms with Crippen LogP contribution in [0.3, 0.4) is 0 Å². The maximum Gasteiger partial charge on any atom is 0.269 e. The molecule has 0 saturated heterocycles. The van der Waals surface area contributed by atoms with E-state index in [1.807, 2.05) is 30.3 Å². The van der Waals surface area contributed by atoms with Crippen molar-refractivity contribution < 1.29 is 13.3 Å². The summed E-state index contributed by atoms with van der Waals surface area (Å²) in [6, 6.07) is 14.1. The molecule has 0 saturated carbocycles. The third-order valence-electron chi connectivity index (χ3n) is 3.19. The van der Waals surface area contributed by atoms with Gasteiger partial charge in [-0.25, -0.2) is 8.42 Å². The maximum atomic E-state index is 12.7. The highest BCUT2D eigenvalue weighted by atomic mass is 32.2. The number of thioether (sulfide) groups is 1. The molecule has 0 N–H and O–H groups in total. The summed E-state index contributed by atoms with van der Waals surface area (Å²) < 4.78 is 26.4. The van der Waals surface area contributed by atoms with Crippen molar-refractivity contribution in [1.29, 1.82) is 0 Å². The molecule has 0 heterocycles. The molecule has 0 atom stereocenters. The third kappa shape index (κ3) is 5.11. The molecule has 2 aromatic rings. The molecule has 0 amide bonds. The summed E-state index contributed by atoms with van der Waals surface area (Å²) in [6.45, 7) is -0.229. The maximum absolute atomic E-state index is 12.7. The van der Waals surface area contributed by atoms with Crippen LogP contribution in [-0.2, 0) is 10.0 Å². The van der Waals surface area contributed by atoms with Crippen molar-refractivity contribution in [2.45, 2.75) is 9.79 Å². The quantitative estimate of drug-likeness (QED) is 0.330. The SMILES string of the molecule is C#CCN(CC#CSc1ccccc1)S(=O)(=O)c1ccc([N+](=O)[O-])cc1.